The Morgan fingerprint density at radius 2 is 1.35 bits per heavy atom. The normalized spacial score (nSPS) is 26.6. The zero-order valence-electron chi connectivity index (χ0n) is 11.3. The molecule has 2 nitrogen and oxygen atoms in total. The molecule has 0 aliphatic heterocycles. The molecule has 0 bridgehead atoms. The molecule has 3 N–H and O–H groups in total. The molecule has 1 unspecified atom stereocenters. The SMILES string of the molecule is NCC(NC1CCCC1)C1CCCCCCC1. The van der Waals surface area contributed by atoms with Crippen LogP contribution in [-0.2, 0) is 0 Å². The van der Waals surface area contributed by atoms with Gasteiger partial charge < -0.3 is 11.1 Å². The standard InChI is InChI=1S/C15H30N2/c16-12-15(17-14-10-6-7-11-14)13-8-4-2-1-3-5-9-13/h13-15,17H,1-12,16H2. The summed E-state index contributed by atoms with van der Waals surface area (Å²) in [6.45, 7) is 0.834. The summed E-state index contributed by atoms with van der Waals surface area (Å²) in [5.41, 5.74) is 6.01. The van der Waals surface area contributed by atoms with E-state index in [0.717, 1.165) is 18.5 Å². The van der Waals surface area contributed by atoms with Gasteiger partial charge in [-0.25, -0.2) is 0 Å². The van der Waals surface area contributed by atoms with Crippen molar-refractivity contribution in [1.29, 1.82) is 0 Å². The molecule has 0 heterocycles. The van der Waals surface area contributed by atoms with Crippen molar-refractivity contribution in [2.24, 2.45) is 11.7 Å². The van der Waals surface area contributed by atoms with E-state index in [4.69, 9.17) is 5.73 Å². The van der Waals surface area contributed by atoms with Crippen LogP contribution in [0.1, 0.15) is 70.6 Å². The van der Waals surface area contributed by atoms with Gasteiger partial charge in [-0.15, -0.1) is 0 Å². The largest absolute Gasteiger partial charge is 0.329 e. The third kappa shape index (κ3) is 4.26. The van der Waals surface area contributed by atoms with Gasteiger partial charge in [0.05, 0.1) is 0 Å². The lowest BCUT2D eigenvalue weighted by atomic mass is 9.85. The fraction of sp³-hybridized carbons (Fsp3) is 1.00. The Labute approximate surface area is 107 Å². The minimum absolute atomic E-state index is 0.594. The zero-order chi connectivity index (χ0) is 11.9. The molecule has 2 heteroatoms. The first kappa shape index (κ1) is 13.4. The molecule has 0 spiro atoms. The average Bonchev–Trinajstić information content (AvgIpc) is 2.79. The van der Waals surface area contributed by atoms with Crippen molar-refractivity contribution in [1.82, 2.24) is 5.32 Å². The lowest BCUT2D eigenvalue weighted by Gasteiger charge is -2.31. The molecule has 0 aromatic carbocycles. The Hall–Kier alpha value is -0.0800. The average molecular weight is 238 g/mol. The molecule has 2 fully saturated rings. The van der Waals surface area contributed by atoms with Gasteiger partial charge in [0.2, 0.25) is 0 Å². The number of hydrogen-bond donors (Lipinski definition) is 2. The highest BCUT2D eigenvalue weighted by Gasteiger charge is 2.24. The summed E-state index contributed by atoms with van der Waals surface area (Å²) < 4.78 is 0. The van der Waals surface area contributed by atoms with E-state index in [1.165, 1.54) is 70.6 Å². The van der Waals surface area contributed by atoms with E-state index in [1.807, 2.05) is 0 Å². The van der Waals surface area contributed by atoms with Crippen LogP contribution in [0.3, 0.4) is 0 Å². The van der Waals surface area contributed by atoms with Crippen LogP contribution in [0.2, 0.25) is 0 Å². The molecule has 0 radical (unpaired) electrons. The maximum absolute atomic E-state index is 6.01. The van der Waals surface area contributed by atoms with E-state index in [9.17, 15) is 0 Å². The van der Waals surface area contributed by atoms with Crippen molar-refractivity contribution in [3.05, 3.63) is 0 Å². The summed E-state index contributed by atoms with van der Waals surface area (Å²) in [6.07, 6.45) is 15.6. The Balaban J connectivity index is 1.81. The lowest BCUT2D eigenvalue weighted by Crippen LogP contribution is -2.46. The summed E-state index contributed by atoms with van der Waals surface area (Å²) >= 11 is 0. The van der Waals surface area contributed by atoms with Gasteiger partial charge in [0, 0.05) is 18.6 Å². The molecule has 0 aromatic heterocycles. The second kappa shape index (κ2) is 7.38. The Kier molecular flexibility index (Phi) is 5.79. The molecular formula is C15H30N2. The van der Waals surface area contributed by atoms with Crippen molar-refractivity contribution in [2.75, 3.05) is 6.54 Å². The Bertz CT molecular complexity index is 191. The van der Waals surface area contributed by atoms with Gasteiger partial charge in [0.1, 0.15) is 0 Å². The van der Waals surface area contributed by atoms with E-state index in [2.05, 4.69) is 5.32 Å². The molecule has 2 rings (SSSR count). The number of rotatable bonds is 4. The highest BCUT2D eigenvalue weighted by molar-refractivity contribution is 4.84. The highest BCUT2D eigenvalue weighted by atomic mass is 15.0. The first-order valence-electron chi connectivity index (χ1n) is 7.86. The summed E-state index contributed by atoms with van der Waals surface area (Å²) in [6, 6.07) is 1.37. The van der Waals surface area contributed by atoms with E-state index < -0.39 is 0 Å². The minimum Gasteiger partial charge on any atom is -0.329 e. The molecule has 2 aliphatic carbocycles. The van der Waals surface area contributed by atoms with Crippen LogP contribution in [0.25, 0.3) is 0 Å². The van der Waals surface area contributed by atoms with Crippen molar-refractivity contribution in [3.8, 4) is 0 Å². The van der Waals surface area contributed by atoms with Gasteiger partial charge in [-0.1, -0.05) is 44.9 Å². The van der Waals surface area contributed by atoms with Crippen LogP contribution >= 0.6 is 0 Å². The topological polar surface area (TPSA) is 38.0 Å². The second-order valence-corrected chi connectivity index (χ2v) is 6.10. The fourth-order valence-electron chi connectivity index (χ4n) is 3.68. The quantitative estimate of drug-likeness (QED) is 0.789. The molecule has 1 atom stereocenters. The van der Waals surface area contributed by atoms with Crippen molar-refractivity contribution in [3.63, 3.8) is 0 Å². The maximum Gasteiger partial charge on any atom is 0.0221 e. The summed E-state index contributed by atoms with van der Waals surface area (Å²) in [4.78, 5) is 0. The van der Waals surface area contributed by atoms with Crippen LogP contribution in [0.5, 0.6) is 0 Å². The van der Waals surface area contributed by atoms with Crippen LogP contribution < -0.4 is 11.1 Å². The van der Waals surface area contributed by atoms with E-state index in [0.29, 0.717) is 6.04 Å². The third-order valence-corrected chi connectivity index (χ3v) is 4.78. The van der Waals surface area contributed by atoms with Gasteiger partial charge in [-0.2, -0.15) is 0 Å². The van der Waals surface area contributed by atoms with Crippen molar-refractivity contribution in [2.45, 2.75) is 82.7 Å². The van der Waals surface area contributed by atoms with Gasteiger partial charge in [0.15, 0.2) is 0 Å². The molecular weight excluding hydrogens is 208 g/mol. The fourth-order valence-corrected chi connectivity index (χ4v) is 3.68. The van der Waals surface area contributed by atoms with Crippen LogP contribution in [0.4, 0.5) is 0 Å². The number of hydrogen-bond acceptors (Lipinski definition) is 2. The Morgan fingerprint density at radius 3 is 1.94 bits per heavy atom. The molecule has 0 aromatic rings. The monoisotopic (exact) mass is 238 g/mol. The molecule has 0 amide bonds. The summed E-state index contributed by atoms with van der Waals surface area (Å²) in [5.74, 6) is 0.848. The number of nitrogens with one attached hydrogen (secondary N) is 1. The molecule has 2 saturated carbocycles. The van der Waals surface area contributed by atoms with Crippen molar-refractivity contribution >= 4 is 0 Å². The smallest absolute Gasteiger partial charge is 0.0221 e. The molecule has 17 heavy (non-hydrogen) atoms. The molecule has 0 saturated heterocycles. The highest BCUT2D eigenvalue weighted by Crippen LogP contribution is 2.26. The second-order valence-electron chi connectivity index (χ2n) is 6.10. The van der Waals surface area contributed by atoms with Gasteiger partial charge in [0.25, 0.3) is 0 Å². The molecule has 100 valence electrons. The Morgan fingerprint density at radius 1 is 0.824 bits per heavy atom. The zero-order valence-corrected chi connectivity index (χ0v) is 11.3. The lowest BCUT2D eigenvalue weighted by molar-refractivity contribution is 0.269. The van der Waals surface area contributed by atoms with E-state index >= 15 is 0 Å². The first-order valence-corrected chi connectivity index (χ1v) is 7.86. The van der Waals surface area contributed by atoms with Crippen LogP contribution in [0, 0.1) is 5.92 Å². The maximum atomic E-state index is 6.01. The van der Waals surface area contributed by atoms with E-state index in [-0.39, 0.29) is 0 Å². The van der Waals surface area contributed by atoms with Gasteiger partial charge in [-0.3, -0.25) is 0 Å². The number of nitrogens with two attached hydrogens (primary N) is 1. The predicted molar refractivity (Wildman–Crippen MR) is 74.0 cm³/mol. The van der Waals surface area contributed by atoms with E-state index in [1.54, 1.807) is 0 Å². The van der Waals surface area contributed by atoms with Gasteiger partial charge in [-0.05, 0) is 31.6 Å². The van der Waals surface area contributed by atoms with Crippen molar-refractivity contribution < 1.29 is 0 Å². The van der Waals surface area contributed by atoms with Crippen LogP contribution in [-0.4, -0.2) is 18.6 Å². The minimum atomic E-state index is 0.594. The third-order valence-electron chi connectivity index (χ3n) is 4.78. The predicted octanol–water partition coefficient (Wildman–Crippen LogP) is 3.21. The first-order chi connectivity index (χ1) is 8.40. The van der Waals surface area contributed by atoms with Gasteiger partial charge >= 0.3 is 0 Å². The summed E-state index contributed by atoms with van der Waals surface area (Å²) in [7, 11) is 0. The summed E-state index contributed by atoms with van der Waals surface area (Å²) in [5, 5.41) is 3.86. The molecule has 2 aliphatic rings. The van der Waals surface area contributed by atoms with Crippen LogP contribution in [0.15, 0.2) is 0 Å².